The molecule has 1 aromatic heterocycles. The minimum Gasteiger partial charge on any atom is -0.274 e. The van der Waals surface area contributed by atoms with Crippen molar-refractivity contribution in [2.24, 2.45) is 5.92 Å². The average Bonchev–Trinajstić information content (AvgIpc) is 2.92. The molecule has 2 amide bonds. The SMILES string of the molecule is Cc1cc(C)n(CC2CC(=O)N(c3ccc(F)cc3)C2=O)n1. The molecule has 1 saturated heterocycles. The summed E-state index contributed by atoms with van der Waals surface area (Å²) < 4.78 is 14.7. The van der Waals surface area contributed by atoms with Gasteiger partial charge in [-0.15, -0.1) is 0 Å². The second-order valence-electron chi connectivity index (χ2n) is 5.55. The lowest BCUT2D eigenvalue weighted by Gasteiger charge is -2.15. The van der Waals surface area contributed by atoms with Gasteiger partial charge < -0.3 is 0 Å². The molecule has 1 atom stereocenters. The zero-order valence-electron chi connectivity index (χ0n) is 12.4. The van der Waals surface area contributed by atoms with Gasteiger partial charge in [0.05, 0.1) is 23.8 Å². The van der Waals surface area contributed by atoms with E-state index in [4.69, 9.17) is 0 Å². The molecule has 2 heterocycles. The van der Waals surface area contributed by atoms with E-state index in [1.54, 1.807) is 4.68 Å². The summed E-state index contributed by atoms with van der Waals surface area (Å²) >= 11 is 0. The van der Waals surface area contributed by atoms with Gasteiger partial charge in [0.2, 0.25) is 11.8 Å². The van der Waals surface area contributed by atoms with Gasteiger partial charge in [-0.2, -0.15) is 5.10 Å². The number of anilines is 1. The fraction of sp³-hybridized carbons (Fsp3) is 0.312. The van der Waals surface area contributed by atoms with Crippen molar-refractivity contribution >= 4 is 17.5 Å². The Labute approximate surface area is 127 Å². The number of aryl methyl sites for hydroxylation is 2. The summed E-state index contributed by atoms with van der Waals surface area (Å²) in [5.74, 6) is -1.36. The minimum atomic E-state index is -0.435. The molecule has 1 aliphatic rings. The maximum Gasteiger partial charge on any atom is 0.239 e. The molecule has 1 unspecified atom stereocenters. The van der Waals surface area contributed by atoms with E-state index in [0.717, 1.165) is 16.3 Å². The van der Waals surface area contributed by atoms with E-state index in [-0.39, 0.29) is 18.2 Å². The minimum absolute atomic E-state index is 0.147. The molecule has 6 heteroatoms. The van der Waals surface area contributed by atoms with Gasteiger partial charge in [0, 0.05) is 12.1 Å². The molecule has 0 aliphatic carbocycles. The van der Waals surface area contributed by atoms with Crippen molar-refractivity contribution in [3.8, 4) is 0 Å². The molecule has 1 aromatic carbocycles. The highest BCUT2D eigenvalue weighted by Crippen LogP contribution is 2.27. The Balaban J connectivity index is 1.82. The van der Waals surface area contributed by atoms with Gasteiger partial charge in [-0.05, 0) is 44.2 Å². The molecule has 0 saturated carbocycles. The van der Waals surface area contributed by atoms with Crippen LogP contribution in [0.25, 0.3) is 0 Å². The topological polar surface area (TPSA) is 55.2 Å². The van der Waals surface area contributed by atoms with Gasteiger partial charge in [-0.3, -0.25) is 19.2 Å². The molecule has 0 spiro atoms. The number of rotatable bonds is 3. The van der Waals surface area contributed by atoms with Crippen LogP contribution in [-0.4, -0.2) is 21.6 Å². The maximum absolute atomic E-state index is 13.0. The average molecular weight is 301 g/mol. The first-order valence-electron chi connectivity index (χ1n) is 7.09. The molecule has 2 aromatic rings. The van der Waals surface area contributed by atoms with E-state index in [0.29, 0.717) is 12.2 Å². The zero-order chi connectivity index (χ0) is 15.9. The van der Waals surface area contributed by atoms with Gasteiger partial charge in [0.25, 0.3) is 0 Å². The van der Waals surface area contributed by atoms with Crippen LogP contribution < -0.4 is 4.90 Å². The Hall–Kier alpha value is -2.50. The van der Waals surface area contributed by atoms with E-state index >= 15 is 0 Å². The third kappa shape index (κ3) is 2.52. The highest BCUT2D eigenvalue weighted by atomic mass is 19.1. The van der Waals surface area contributed by atoms with Crippen LogP contribution in [0.1, 0.15) is 17.8 Å². The van der Waals surface area contributed by atoms with Crippen LogP contribution in [0.15, 0.2) is 30.3 Å². The van der Waals surface area contributed by atoms with E-state index in [1.165, 1.54) is 24.3 Å². The number of carbonyl (C=O) groups excluding carboxylic acids is 2. The second kappa shape index (κ2) is 5.36. The molecule has 0 radical (unpaired) electrons. The molecule has 114 valence electrons. The Morgan fingerprint density at radius 2 is 1.91 bits per heavy atom. The molecule has 1 fully saturated rings. The number of hydrogen-bond donors (Lipinski definition) is 0. The van der Waals surface area contributed by atoms with Gasteiger partial charge in [-0.1, -0.05) is 0 Å². The van der Waals surface area contributed by atoms with E-state index in [9.17, 15) is 14.0 Å². The molecule has 5 nitrogen and oxygen atoms in total. The number of aromatic nitrogens is 2. The van der Waals surface area contributed by atoms with Crippen LogP contribution in [0.3, 0.4) is 0 Å². The van der Waals surface area contributed by atoms with Crippen LogP contribution in [0.5, 0.6) is 0 Å². The summed E-state index contributed by atoms with van der Waals surface area (Å²) in [5.41, 5.74) is 2.25. The van der Waals surface area contributed by atoms with Crippen molar-refractivity contribution in [3.63, 3.8) is 0 Å². The number of carbonyl (C=O) groups is 2. The Bertz CT molecular complexity index is 736. The van der Waals surface area contributed by atoms with Crippen LogP contribution in [0.2, 0.25) is 0 Å². The van der Waals surface area contributed by atoms with Crippen molar-refractivity contribution < 1.29 is 14.0 Å². The van der Waals surface area contributed by atoms with Gasteiger partial charge in [-0.25, -0.2) is 4.39 Å². The summed E-state index contributed by atoms with van der Waals surface area (Å²) in [6.07, 6.45) is 0.147. The molecule has 1 aliphatic heterocycles. The largest absolute Gasteiger partial charge is 0.274 e. The normalized spacial score (nSPS) is 18.3. The van der Waals surface area contributed by atoms with Gasteiger partial charge >= 0.3 is 0 Å². The molecular formula is C16H16FN3O2. The molecule has 3 rings (SSSR count). The fourth-order valence-corrected chi connectivity index (χ4v) is 2.77. The van der Waals surface area contributed by atoms with Gasteiger partial charge in [0.15, 0.2) is 0 Å². The van der Waals surface area contributed by atoms with Crippen molar-refractivity contribution in [2.75, 3.05) is 4.90 Å². The lowest BCUT2D eigenvalue weighted by atomic mass is 10.1. The Kier molecular flexibility index (Phi) is 3.52. The van der Waals surface area contributed by atoms with E-state index < -0.39 is 11.7 Å². The summed E-state index contributed by atoms with van der Waals surface area (Å²) in [4.78, 5) is 25.8. The smallest absolute Gasteiger partial charge is 0.239 e. The quantitative estimate of drug-likeness (QED) is 0.817. The standard InChI is InChI=1S/C16H16FN3O2/c1-10-7-11(2)19(18-10)9-12-8-15(21)20(16(12)22)14-5-3-13(17)4-6-14/h3-7,12H,8-9H2,1-2H3. The third-order valence-electron chi connectivity index (χ3n) is 3.82. The second-order valence-corrected chi connectivity index (χ2v) is 5.55. The zero-order valence-corrected chi connectivity index (χ0v) is 12.4. The Morgan fingerprint density at radius 3 is 2.50 bits per heavy atom. The maximum atomic E-state index is 13.0. The molecule has 22 heavy (non-hydrogen) atoms. The fourth-order valence-electron chi connectivity index (χ4n) is 2.77. The number of amides is 2. The molecular weight excluding hydrogens is 285 g/mol. The lowest BCUT2D eigenvalue weighted by Crippen LogP contribution is -2.31. The number of imide groups is 1. The third-order valence-corrected chi connectivity index (χ3v) is 3.82. The Morgan fingerprint density at radius 1 is 1.23 bits per heavy atom. The van der Waals surface area contributed by atoms with E-state index in [2.05, 4.69) is 5.10 Å². The number of hydrogen-bond acceptors (Lipinski definition) is 3. The van der Waals surface area contributed by atoms with Crippen LogP contribution >= 0.6 is 0 Å². The highest BCUT2D eigenvalue weighted by Gasteiger charge is 2.39. The molecule has 0 N–H and O–H groups in total. The summed E-state index contributed by atoms with van der Waals surface area (Å²) in [6.45, 7) is 4.18. The highest BCUT2D eigenvalue weighted by molar-refractivity contribution is 6.20. The van der Waals surface area contributed by atoms with E-state index in [1.807, 2.05) is 19.9 Å². The number of nitrogens with zero attached hydrogens (tertiary/aromatic N) is 3. The lowest BCUT2D eigenvalue weighted by molar-refractivity contribution is -0.122. The summed E-state index contributed by atoms with van der Waals surface area (Å²) in [7, 11) is 0. The van der Waals surface area contributed by atoms with Crippen molar-refractivity contribution in [3.05, 3.63) is 47.5 Å². The number of benzene rings is 1. The van der Waals surface area contributed by atoms with Crippen LogP contribution in [0.4, 0.5) is 10.1 Å². The molecule has 0 bridgehead atoms. The predicted molar refractivity (Wildman–Crippen MR) is 78.7 cm³/mol. The van der Waals surface area contributed by atoms with Crippen molar-refractivity contribution in [1.82, 2.24) is 9.78 Å². The van der Waals surface area contributed by atoms with Crippen LogP contribution in [0, 0.1) is 25.6 Å². The first-order chi connectivity index (χ1) is 10.5. The van der Waals surface area contributed by atoms with Crippen molar-refractivity contribution in [2.45, 2.75) is 26.8 Å². The first-order valence-corrected chi connectivity index (χ1v) is 7.09. The predicted octanol–water partition coefficient (Wildman–Crippen LogP) is 2.22. The van der Waals surface area contributed by atoms with Crippen molar-refractivity contribution in [1.29, 1.82) is 0 Å². The summed E-state index contributed by atoms with van der Waals surface area (Å²) in [5, 5.41) is 4.33. The van der Waals surface area contributed by atoms with Crippen LogP contribution in [-0.2, 0) is 16.1 Å². The number of halogens is 1. The van der Waals surface area contributed by atoms with Gasteiger partial charge in [0.1, 0.15) is 5.82 Å². The monoisotopic (exact) mass is 301 g/mol. The summed E-state index contributed by atoms with van der Waals surface area (Å²) in [6, 6.07) is 7.29. The first kappa shape index (κ1) is 14.4.